The minimum Gasteiger partial charge on any atom is -0.412 e. The summed E-state index contributed by atoms with van der Waals surface area (Å²) in [7, 11) is -0.657. The monoisotopic (exact) mass is 123 g/mol. The molecule has 0 bridgehead atoms. The fraction of sp³-hybridized carbons (Fsp3) is 0.333. The van der Waals surface area contributed by atoms with Crippen LogP contribution in [0, 0.1) is 0 Å². The van der Waals surface area contributed by atoms with Gasteiger partial charge in [-0.2, -0.15) is 0 Å². The van der Waals surface area contributed by atoms with Crippen LogP contribution in [0.5, 0.6) is 0 Å². The van der Waals surface area contributed by atoms with E-state index >= 15 is 0 Å². The Morgan fingerprint density at radius 2 is 2.43 bits per heavy atom. The third-order valence-corrected chi connectivity index (χ3v) is 0.545. The van der Waals surface area contributed by atoms with Crippen LogP contribution in [0.15, 0.2) is 12.7 Å². The van der Waals surface area contributed by atoms with Crippen molar-refractivity contribution in [3.8, 4) is 0 Å². The van der Waals surface area contributed by atoms with Crippen LogP contribution in [-0.4, -0.2) is 12.1 Å². The van der Waals surface area contributed by atoms with Crippen LogP contribution >= 0.6 is 8.69 Å². The summed E-state index contributed by atoms with van der Waals surface area (Å²) in [6.07, 6.45) is 1.55. The molecule has 0 aromatic carbocycles. The molecule has 0 aliphatic carbocycles. The fourth-order valence-electron chi connectivity index (χ4n) is 0.0929. The highest BCUT2D eigenvalue weighted by Crippen LogP contribution is 1.90. The van der Waals surface area contributed by atoms with Crippen molar-refractivity contribution in [2.75, 3.05) is 6.61 Å². The molecule has 3 nitrogen and oxygen atoms in total. The smallest absolute Gasteiger partial charge is 0.412 e. The van der Waals surface area contributed by atoms with E-state index in [1.165, 1.54) is 0 Å². The molecule has 0 aromatic heterocycles. The molecule has 0 heterocycles. The van der Waals surface area contributed by atoms with E-state index in [4.69, 9.17) is 0 Å². The van der Waals surface area contributed by atoms with E-state index in [-0.39, 0.29) is 5.48 Å². The van der Waals surface area contributed by atoms with E-state index in [1.54, 1.807) is 6.08 Å². The largest absolute Gasteiger partial charge is 0.494 e. The Kier molecular flexibility index (Phi) is 13.1. The zero-order chi connectivity index (χ0) is 4.83. The lowest BCUT2D eigenvalue weighted by Crippen LogP contribution is -1.69. The maximum atomic E-state index is 9.45. The van der Waals surface area contributed by atoms with Crippen LogP contribution in [0.2, 0.25) is 0 Å². The topological polar surface area (TPSA) is 57.8 Å². The summed E-state index contributed by atoms with van der Waals surface area (Å²) in [5.41, 5.74) is 0. The summed E-state index contributed by atoms with van der Waals surface area (Å²) in [6.45, 7) is 3.72. The van der Waals surface area contributed by atoms with Gasteiger partial charge in [0.25, 0.3) is 0 Å². The standard InChI is InChI=1S/C3H6O2P.H2O/c1-2-3-5-6-4;/h2,6H,1,3H2;1H2/q+1;. The lowest BCUT2D eigenvalue weighted by Gasteiger charge is -1.67. The SMILES string of the molecule is C=CCO[PH+]=O.O. The van der Waals surface area contributed by atoms with Gasteiger partial charge in [-0.15, -0.1) is 11.1 Å². The van der Waals surface area contributed by atoms with Gasteiger partial charge in [0.15, 0.2) is 0 Å². The Morgan fingerprint density at radius 3 is 2.57 bits per heavy atom. The predicted molar refractivity (Wildman–Crippen MR) is 28.8 cm³/mol. The van der Waals surface area contributed by atoms with Crippen LogP contribution in [0.25, 0.3) is 0 Å². The molecule has 0 saturated carbocycles. The van der Waals surface area contributed by atoms with Crippen LogP contribution < -0.4 is 0 Å². The third-order valence-electron chi connectivity index (χ3n) is 0.260. The van der Waals surface area contributed by atoms with Crippen LogP contribution in [0.4, 0.5) is 0 Å². The Hall–Kier alpha value is -0.240. The van der Waals surface area contributed by atoms with Crippen molar-refractivity contribution in [2.24, 2.45) is 0 Å². The Labute approximate surface area is 43.6 Å². The van der Waals surface area contributed by atoms with Gasteiger partial charge in [-0.05, 0) is 4.57 Å². The lowest BCUT2D eigenvalue weighted by molar-refractivity contribution is 0.387. The van der Waals surface area contributed by atoms with E-state index < -0.39 is 8.69 Å². The molecule has 0 amide bonds. The molecule has 0 saturated heterocycles. The zero-order valence-electron chi connectivity index (χ0n) is 3.81. The molecule has 0 aromatic rings. The van der Waals surface area contributed by atoms with Crippen molar-refractivity contribution in [3.05, 3.63) is 12.7 Å². The first-order chi connectivity index (χ1) is 2.91. The molecule has 42 valence electrons. The summed E-state index contributed by atoms with van der Waals surface area (Å²) < 4.78 is 13.8. The molecule has 0 rings (SSSR count). The molecule has 7 heavy (non-hydrogen) atoms. The van der Waals surface area contributed by atoms with Crippen molar-refractivity contribution >= 4 is 8.69 Å². The van der Waals surface area contributed by atoms with E-state index in [2.05, 4.69) is 11.1 Å². The van der Waals surface area contributed by atoms with Crippen LogP contribution in [0.3, 0.4) is 0 Å². The molecule has 1 atom stereocenters. The van der Waals surface area contributed by atoms with Crippen LogP contribution in [0.1, 0.15) is 0 Å². The van der Waals surface area contributed by atoms with Crippen molar-refractivity contribution in [3.63, 3.8) is 0 Å². The zero-order valence-corrected chi connectivity index (χ0v) is 4.81. The van der Waals surface area contributed by atoms with Gasteiger partial charge in [-0.25, -0.2) is 0 Å². The summed E-state index contributed by atoms with van der Waals surface area (Å²) in [4.78, 5) is 0. The minimum atomic E-state index is -0.657. The summed E-state index contributed by atoms with van der Waals surface area (Å²) in [6, 6.07) is 0. The Morgan fingerprint density at radius 1 is 1.86 bits per heavy atom. The highest BCUT2D eigenvalue weighted by Gasteiger charge is 1.79. The number of hydrogen-bond donors (Lipinski definition) is 0. The molecule has 2 N–H and O–H groups in total. The molecule has 0 aliphatic rings. The molecule has 0 spiro atoms. The first-order valence-electron chi connectivity index (χ1n) is 1.51. The van der Waals surface area contributed by atoms with Gasteiger partial charge in [0.05, 0.1) is 0 Å². The fourth-order valence-corrected chi connectivity index (χ4v) is 0.279. The van der Waals surface area contributed by atoms with E-state index in [0.717, 1.165) is 0 Å². The second-order valence-corrected chi connectivity index (χ2v) is 1.14. The average Bonchev–Trinajstić information content (AvgIpc) is 1.61. The average molecular weight is 123 g/mol. The molecule has 0 radical (unpaired) electrons. The van der Waals surface area contributed by atoms with Gasteiger partial charge >= 0.3 is 8.69 Å². The van der Waals surface area contributed by atoms with Crippen molar-refractivity contribution in [1.29, 1.82) is 0 Å². The first kappa shape index (κ1) is 9.90. The van der Waals surface area contributed by atoms with Crippen LogP contribution in [-0.2, 0) is 9.09 Å². The third kappa shape index (κ3) is 10.7. The van der Waals surface area contributed by atoms with Crippen molar-refractivity contribution < 1.29 is 14.6 Å². The normalized spacial score (nSPS) is 7.43. The van der Waals surface area contributed by atoms with Gasteiger partial charge in [-0.1, -0.05) is 6.08 Å². The quantitative estimate of drug-likeness (QED) is 0.308. The van der Waals surface area contributed by atoms with Gasteiger partial charge in [0.2, 0.25) is 0 Å². The van der Waals surface area contributed by atoms with Gasteiger partial charge in [0.1, 0.15) is 6.61 Å². The lowest BCUT2D eigenvalue weighted by atomic mass is 10.7. The van der Waals surface area contributed by atoms with E-state index in [0.29, 0.717) is 6.61 Å². The Balaban J connectivity index is 0. The van der Waals surface area contributed by atoms with Gasteiger partial charge in [-0.3, -0.25) is 0 Å². The highest BCUT2D eigenvalue weighted by molar-refractivity contribution is 7.17. The van der Waals surface area contributed by atoms with E-state index in [9.17, 15) is 4.57 Å². The summed E-state index contributed by atoms with van der Waals surface area (Å²) >= 11 is 0. The van der Waals surface area contributed by atoms with Gasteiger partial charge < -0.3 is 5.48 Å². The van der Waals surface area contributed by atoms with E-state index in [1.807, 2.05) is 0 Å². The van der Waals surface area contributed by atoms with Gasteiger partial charge in [0, 0.05) is 0 Å². The summed E-state index contributed by atoms with van der Waals surface area (Å²) in [5, 5.41) is 0. The van der Waals surface area contributed by atoms with Crippen molar-refractivity contribution in [2.45, 2.75) is 0 Å². The minimum absolute atomic E-state index is 0. The molecule has 0 fully saturated rings. The maximum absolute atomic E-state index is 9.45. The first-order valence-corrected chi connectivity index (χ1v) is 2.33. The predicted octanol–water partition coefficient (Wildman–Crippen LogP) is 0.303. The molecule has 0 aliphatic heterocycles. The number of hydrogen-bond acceptors (Lipinski definition) is 2. The molecule has 1 unspecified atom stereocenters. The van der Waals surface area contributed by atoms with Crippen molar-refractivity contribution in [1.82, 2.24) is 0 Å². The maximum Gasteiger partial charge on any atom is 0.494 e. The molecular weight excluding hydrogens is 115 g/mol. The second kappa shape index (κ2) is 9.23. The molecular formula is C3H8O3P+. The Bertz CT molecular complexity index is 46.1. The highest BCUT2D eigenvalue weighted by atomic mass is 31.1. The number of rotatable bonds is 3. The summed E-state index contributed by atoms with van der Waals surface area (Å²) in [5.74, 6) is 0. The molecule has 4 heteroatoms. The second-order valence-electron chi connectivity index (χ2n) is 0.683.